The smallest absolute Gasteiger partial charge is 0.0587 e. The molecule has 112 valence electrons. The van der Waals surface area contributed by atoms with Gasteiger partial charge in [0.2, 0.25) is 0 Å². The zero-order valence-electron chi connectivity index (χ0n) is 12.9. The second-order valence-corrected chi connectivity index (χ2v) is 6.50. The van der Waals surface area contributed by atoms with Crippen molar-refractivity contribution in [3.63, 3.8) is 0 Å². The van der Waals surface area contributed by atoms with Crippen molar-refractivity contribution in [2.75, 3.05) is 32.8 Å². The largest absolute Gasteiger partial charge is 0.378 e. The Kier molecular flexibility index (Phi) is 6.62. The molecule has 0 aliphatic carbocycles. The summed E-state index contributed by atoms with van der Waals surface area (Å²) >= 11 is 0. The number of hydrogen-bond acceptors (Lipinski definition) is 3. The molecule has 0 aromatic rings. The molecule has 3 heteroatoms. The summed E-state index contributed by atoms with van der Waals surface area (Å²) in [6, 6.07) is 0.683. The molecule has 0 aromatic carbocycles. The van der Waals surface area contributed by atoms with Gasteiger partial charge in [0.15, 0.2) is 0 Å². The molecule has 2 heterocycles. The first kappa shape index (κ1) is 15.3. The van der Waals surface area contributed by atoms with E-state index in [0.29, 0.717) is 12.1 Å². The third kappa shape index (κ3) is 5.41. The van der Waals surface area contributed by atoms with Crippen molar-refractivity contribution < 1.29 is 4.74 Å². The molecule has 2 rings (SSSR count). The van der Waals surface area contributed by atoms with Crippen molar-refractivity contribution in [1.29, 1.82) is 0 Å². The second-order valence-electron chi connectivity index (χ2n) is 6.50. The molecular weight excluding hydrogens is 236 g/mol. The van der Waals surface area contributed by atoms with Crippen molar-refractivity contribution in [1.82, 2.24) is 10.2 Å². The van der Waals surface area contributed by atoms with Crippen LogP contribution in [0.15, 0.2) is 0 Å². The van der Waals surface area contributed by atoms with E-state index in [4.69, 9.17) is 4.74 Å². The number of nitrogens with one attached hydrogen (secondary N) is 1. The molecule has 0 amide bonds. The molecule has 19 heavy (non-hydrogen) atoms. The van der Waals surface area contributed by atoms with Gasteiger partial charge in [-0.25, -0.2) is 0 Å². The van der Waals surface area contributed by atoms with Crippen LogP contribution in [0.1, 0.15) is 52.4 Å². The monoisotopic (exact) mass is 268 g/mol. The van der Waals surface area contributed by atoms with E-state index >= 15 is 0 Å². The summed E-state index contributed by atoms with van der Waals surface area (Å²) in [5.41, 5.74) is 0. The fourth-order valence-electron chi connectivity index (χ4n) is 3.37. The average molecular weight is 268 g/mol. The van der Waals surface area contributed by atoms with E-state index in [1.165, 1.54) is 51.7 Å². The lowest BCUT2D eigenvalue weighted by atomic mass is 10.0. The van der Waals surface area contributed by atoms with Gasteiger partial charge < -0.3 is 15.0 Å². The van der Waals surface area contributed by atoms with E-state index in [1.54, 1.807) is 0 Å². The highest BCUT2D eigenvalue weighted by Gasteiger charge is 2.21. The van der Waals surface area contributed by atoms with E-state index in [1.807, 2.05) is 0 Å². The summed E-state index contributed by atoms with van der Waals surface area (Å²) in [5, 5.41) is 3.77. The first-order valence-corrected chi connectivity index (χ1v) is 8.35. The summed E-state index contributed by atoms with van der Waals surface area (Å²) < 4.78 is 5.74. The zero-order chi connectivity index (χ0) is 13.5. The number of piperidine rings is 1. The van der Waals surface area contributed by atoms with Crippen LogP contribution in [0.5, 0.6) is 0 Å². The summed E-state index contributed by atoms with van der Waals surface area (Å²) in [7, 11) is 0. The van der Waals surface area contributed by atoms with E-state index in [2.05, 4.69) is 24.1 Å². The molecule has 3 unspecified atom stereocenters. The highest BCUT2D eigenvalue weighted by Crippen LogP contribution is 2.17. The van der Waals surface area contributed by atoms with Gasteiger partial charge in [0.1, 0.15) is 0 Å². The Balaban J connectivity index is 1.61. The Bertz CT molecular complexity index is 241. The molecule has 0 aromatic heterocycles. The summed E-state index contributed by atoms with van der Waals surface area (Å²) in [5.74, 6) is 0.765. The average Bonchev–Trinajstić information content (AvgIpc) is 2.46. The van der Waals surface area contributed by atoms with Crippen LogP contribution in [-0.4, -0.2) is 49.8 Å². The predicted molar refractivity (Wildman–Crippen MR) is 80.5 cm³/mol. The van der Waals surface area contributed by atoms with Crippen LogP contribution in [0.25, 0.3) is 0 Å². The topological polar surface area (TPSA) is 24.5 Å². The maximum Gasteiger partial charge on any atom is 0.0587 e. The van der Waals surface area contributed by atoms with Crippen LogP contribution >= 0.6 is 0 Å². The van der Waals surface area contributed by atoms with Gasteiger partial charge in [-0.1, -0.05) is 20.3 Å². The van der Waals surface area contributed by atoms with E-state index < -0.39 is 0 Å². The van der Waals surface area contributed by atoms with E-state index in [9.17, 15) is 0 Å². The second kappa shape index (κ2) is 8.23. The van der Waals surface area contributed by atoms with Crippen LogP contribution in [0, 0.1) is 5.92 Å². The number of ether oxygens (including phenoxy) is 1. The summed E-state index contributed by atoms with van der Waals surface area (Å²) in [6.07, 6.45) is 8.27. The molecule has 0 saturated carbocycles. The van der Waals surface area contributed by atoms with Crippen molar-refractivity contribution >= 4 is 0 Å². The van der Waals surface area contributed by atoms with Crippen molar-refractivity contribution in [2.45, 2.75) is 64.5 Å². The lowest BCUT2D eigenvalue weighted by Crippen LogP contribution is -2.43. The molecule has 0 radical (unpaired) electrons. The fourth-order valence-corrected chi connectivity index (χ4v) is 3.37. The van der Waals surface area contributed by atoms with Crippen LogP contribution in [0.2, 0.25) is 0 Å². The van der Waals surface area contributed by atoms with Gasteiger partial charge in [0, 0.05) is 19.2 Å². The quantitative estimate of drug-likeness (QED) is 0.801. The van der Waals surface area contributed by atoms with Crippen molar-refractivity contribution in [3.8, 4) is 0 Å². The minimum Gasteiger partial charge on any atom is -0.378 e. The maximum absolute atomic E-state index is 5.74. The van der Waals surface area contributed by atoms with Crippen LogP contribution in [-0.2, 0) is 4.74 Å². The number of rotatable bonds is 6. The first-order chi connectivity index (χ1) is 9.28. The number of hydrogen-bond donors (Lipinski definition) is 1. The first-order valence-electron chi connectivity index (χ1n) is 8.35. The molecule has 2 fully saturated rings. The maximum atomic E-state index is 5.74. The van der Waals surface area contributed by atoms with Gasteiger partial charge in [0.05, 0.1) is 6.10 Å². The SMILES string of the molecule is CCC1CC(NCC(C)CN2CCCCC2)CCO1. The number of nitrogens with zero attached hydrogens (tertiary/aromatic N) is 1. The number of likely N-dealkylation sites (tertiary alicyclic amines) is 1. The Morgan fingerprint density at radius 3 is 2.79 bits per heavy atom. The molecule has 3 atom stereocenters. The van der Waals surface area contributed by atoms with Gasteiger partial charge in [-0.3, -0.25) is 0 Å². The molecular formula is C16H32N2O. The fraction of sp³-hybridized carbons (Fsp3) is 1.00. The highest BCUT2D eigenvalue weighted by atomic mass is 16.5. The standard InChI is InChI=1S/C16H32N2O/c1-3-16-11-15(7-10-19-16)17-12-14(2)13-18-8-5-4-6-9-18/h14-17H,3-13H2,1-2H3. The molecule has 2 aliphatic rings. The minimum absolute atomic E-state index is 0.489. The summed E-state index contributed by atoms with van der Waals surface area (Å²) in [4.78, 5) is 2.65. The van der Waals surface area contributed by atoms with Crippen LogP contribution < -0.4 is 5.32 Å². The van der Waals surface area contributed by atoms with Gasteiger partial charge in [0.25, 0.3) is 0 Å². The minimum atomic E-state index is 0.489. The van der Waals surface area contributed by atoms with Crippen molar-refractivity contribution in [2.24, 2.45) is 5.92 Å². The van der Waals surface area contributed by atoms with E-state index in [-0.39, 0.29) is 0 Å². The summed E-state index contributed by atoms with van der Waals surface area (Å²) in [6.45, 7) is 10.6. The highest BCUT2D eigenvalue weighted by molar-refractivity contribution is 4.77. The van der Waals surface area contributed by atoms with Crippen LogP contribution in [0.4, 0.5) is 0 Å². The van der Waals surface area contributed by atoms with Crippen LogP contribution in [0.3, 0.4) is 0 Å². The Morgan fingerprint density at radius 1 is 1.26 bits per heavy atom. The van der Waals surface area contributed by atoms with Crippen molar-refractivity contribution in [3.05, 3.63) is 0 Å². The van der Waals surface area contributed by atoms with Gasteiger partial charge in [-0.15, -0.1) is 0 Å². The Hall–Kier alpha value is -0.120. The van der Waals surface area contributed by atoms with Gasteiger partial charge >= 0.3 is 0 Å². The molecule has 0 spiro atoms. The van der Waals surface area contributed by atoms with Gasteiger partial charge in [-0.05, 0) is 57.7 Å². The normalized spacial score (nSPS) is 31.3. The molecule has 1 N–H and O–H groups in total. The third-order valence-electron chi connectivity index (χ3n) is 4.60. The molecule has 3 nitrogen and oxygen atoms in total. The third-order valence-corrected chi connectivity index (χ3v) is 4.60. The Morgan fingerprint density at radius 2 is 2.05 bits per heavy atom. The molecule has 2 aliphatic heterocycles. The Labute approximate surface area is 119 Å². The van der Waals surface area contributed by atoms with E-state index in [0.717, 1.165) is 25.5 Å². The zero-order valence-corrected chi connectivity index (χ0v) is 12.9. The lowest BCUT2D eigenvalue weighted by molar-refractivity contribution is -0.000732. The predicted octanol–water partition coefficient (Wildman–Crippen LogP) is 2.66. The molecule has 2 saturated heterocycles. The molecule has 0 bridgehead atoms. The lowest BCUT2D eigenvalue weighted by Gasteiger charge is -2.32. The van der Waals surface area contributed by atoms with Gasteiger partial charge in [-0.2, -0.15) is 0 Å².